The molecule has 4 N–H and O–H groups in total. The molecule has 0 saturated carbocycles. The van der Waals surface area contributed by atoms with Crippen LogP contribution in [0.4, 0.5) is 23.1 Å². The van der Waals surface area contributed by atoms with Gasteiger partial charge >= 0.3 is 0 Å². The summed E-state index contributed by atoms with van der Waals surface area (Å²) in [7, 11) is 1.75. The zero-order chi connectivity index (χ0) is 12.3. The summed E-state index contributed by atoms with van der Waals surface area (Å²) in [5, 5.41) is 6.59. The van der Waals surface area contributed by atoms with Crippen molar-refractivity contribution in [2.24, 2.45) is 0 Å². The van der Waals surface area contributed by atoms with Gasteiger partial charge in [-0.15, -0.1) is 0 Å². The third-order valence-corrected chi connectivity index (χ3v) is 2.37. The number of hydrogen-bond donors (Lipinski definition) is 3. The van der Waals surface area contributed by atoms with Crippen LogP contribution in [0.25, 0.3) is 0 Å². The lowest BCUT2D eigenvalue weighted by atomic mass is 10.3. The predicted molar refractivity (Wildman–Crippen MR) is 70.7 cm³/mol. The van der Waals surface area contributed by atoms with Gasteiger partial charge in [0.15, 0.2) is 5.82 Å². The Kier molecular flexibility index (Phi) is 3.30. The van der Waals surface area contributed by atoms with Crippen LogP contribution in [-0.2, 0) is 0 Å². The molecule has 1 heterocycles. The van der Waals surface area contributed by atoms with E-state index in [9.17, 15) is 0 Å². The fourth-order valence-corrected chi connectivity index (χ4v) is 1.54. The number of rotatable bonds is 3. The minimum Gasteiger partial charge on any atom is -0.394 e. The Balaban J connectivity index is 2.24. The first-order valence-electron chi connectivity index (χ1n) is 5.02. The Bertz CT molecular complexity index is 529. The van der Waals surface area contributed by atoms with Crippen LogP contribution in [0.15, 0.2) is 30.5 Å². The van der Waals surface area contributed by atoms with Crippen LogP contribution >= 0.6 is 11.6 Å². The molecule has 0 spiro atoms. The molecule has 2 rings (SSSR count). The second-order valence-electron chi connectivity index (χ2n) is 3.38. The highest BCUT2D eigenvalue weighted by Gasteiger charge is 2.03. The number of anilines is 4. The number of nitrogen functional groups attached to an aromatic ring is 1. The van der Waals surface area contributed by atoms with E-state index in [0.29, 0.717) is 22.5 Å². The number of nitrogens with one attached hydrogen (secondary N) is 2. The molecule has 0 radical (unpaired) electrons. The second kappa shape index (κ2) is 4.88. The first-order chi connectivity index (χ1) is 8.19. The van der Waals surface area contributed by atoms with Crippen LogP contribution in [-0.4, -0.2) is 17.0 Å². The highest BCUT2D eigenvalue weighted by atomic mass is 35.5. The van der Waals surface area contributed by atoms with Crippen molar-refractivity contribution >= 4 is 34.7 Å². The topological polar surface area (TPSA) is 75.9 Å². The summed E-state index contributed by atoms with van der Waals surface area (Å²) in [4.78, 5) is 8.30. The first kappa shape index (κ1) is 11.5. The monoisotopic (exact) mass is 249 g/mol. The van der Waals surface area contributed by atoms with E-state index >= 15 is 0 Å². The summed E-state index contributed by atoms with van der Waals surface area (Å²) >= 11 is 5.88. The number of nitrogens with two attached hydrogens (primary N) is 1. The lowest BCUT2D eigenvalue weighted by Crippen LogP contribution is -2.03. The standard InChI is InChI=1S/C11H12ClN5/c1-14-10-9(13)6-15-11(17-10)16-8-4-2-3-7(12)5-8/h2-6H,13H2,1H3,(H2,14,15,16,17). The second-order valence-corrected chi connectivity index (χ2v) is 3.82. The molecular formula is C11H12ClN5. The minimum absolute atomic E-state index is 0.464. The number of nitrogens with zero attached hydrogens (tertiary/aromatic N) is 2. The van der Waals surface area contributed by atoms with Crippen molar-refractivity contribution in [2.75, 3.05) is 23.4 Å². The highest BCUT2D eigenvalue weighted by molar-refractivity contribution is 6.30. The third kappa shape index (κ3) is 2.76. The normalized spacial score (nSPS) is 10.0. The SMILES string of the molecule is CNc1nc(Nc2cccc(Cl)c2)ncc1N. The number of halogens is 1. The molecule has 0 atom stereocenters. The maximum atomic E-state index is 5.88. The molecule has 0 fully saturated rings. The van der Waals surface area contributed by atoms with E-state index in [1.165, 1.54) is 0 Å². The Hall–Kier alpha value is -2.01. The Morgan fingerprint density at radius 3 is 2.88 bits per heavy atom. The molecule has 17 heavy (non-hydrogen) atoms. The smallest absolute Gasteiger partial charge is 0.229 e. The number of aromatic nitrogens is 2. The van der Waals surface area contributed by atoms with Crippen LogP contribution in [0, 0.1) is 0 Å². The quantitative estimate of drug-likeness (QED) is 0.779. The zero-order valence-electron chi connectivity index (χ0n) is 9.24. The van der Waals surface area contributed by atoms with Gasteiger partial charge in [0.25, 0.3) is 0 Å². The molecule has 0 saturated heterocycles. The van der Waals surface area contributed by atoms with Gasteiger partial charge in [-0.2, -0.15) is 4.98 Å². The molecule has 0 aliphatic rings. The van der Waals surface area contributed by atoms with Crippen molar-refractivity contribution in [3.63, 3.8) is 0 Å². The lowest BCUT2D eigenvalue weighted by Gasteiger charge is -2.08. The Labute approximate surface area is 104 Å². The van der Waals surface area contributed by atoms with Gasteiger partial charge in [0.1, 0.15) is 0 Å². The average Bonchev–Trinajstić information content (AvgIpc) is 2.32. The molecule has 5 nitrogen and oxygen atoms in total. The van der Waals surface area contributed by atoms with Crippen molar-refractivity contribution in [3.8, 4) is 0 Å². The van der Waals surface area contributed by atoms with E-state index in [1.54, 1.807) is 25.4 Å². The molecule has 0 aliphatic carbocycles. The Morgan fingerprint density at radius 1 is 1.35 bits per heavy atom. The van der Waals surface area contributed by atoms with Gasteiger partial charge in [-0.05, 0) is 18.2 Å². The highest BCUT2D eigenvalue weighted by Crippen LogP contribution is 2.20. The number of hydrogen-bond acceptors (Lipinski definition) is 5. The van der Waals surface area contributed by atoms with Crippen molar-refractivity contribution < 1.29 is 0 Å². The van der Waals surface area contributed by atoms with E-state index < -0.39 is 0 Å². The minimum atomic E-state index is 0.464. The van der Waals surface area contributed by atoms with Gasteiger partial charge in [-0.3, -0.25) is 0 Å². The van der Waals surface area contributed by atoms with E-state index in [1.807, 2.05) is 12.1 Å². The zero-order valence-corrected chi connectivity index (χ0v) is 9.99. The summed E-state index contributed by atoms with van der Waals surface area (Å²) in [6.07, 6.45) is 1.55. The maximum Gasteiger partial charge on any atom is 0.229 e. The van der Waals surface area contributed by atoms with Gasteiger partial charge < -0.3 is 16.4 Å². The van der Waals surface area contributed by atoms with Crippen molar-refractivity contribution in [1.82, 2.24) is 9.97 Å². The maximum absolute atomic E-state index is 5.88. The molecule has 0 bridgehead atoms. The van der Waals surface area contributed by atoms with Crippen LogP contribution in [0.5, 0.6) is 0 Å². The predicted octanol–water partition coefficient (Wildman–Crippen LogP) is 2.50. The van der Waals surface area contributed by atoms with E-state index in [4.69, 9.17) is 17.3 Å². The first-order valence-corrected chi connectivity index (χ1v) is 5.39. The summed E-state index contributed by atoms with van der Waals surface area (Å²) in [5.74, 6) is 1.05. The largest absolute Gasteiger partial charge is 0.394 e. The fourth-order valence-electron chi connectivity index (χ4n) is 1.35. The molecule has 88 valence electrons. The molecule has 0 aliphatic heterocycles. The van der Waals surface area contributed by atoms with Crippen LogP contribution in [0.1, 0.15) is 0 Å². The molecule has 6 heteroatoms. The van der Waals surface area contributed by atoms with Crippen molar-refractivity contribution in [2.45, 2.75) is 0 Å². The van der Waals surface area contributed by atoms with E-state index in [0.717, 1.165) is 5.69 Å². The average molecular weight is 250 g/mol. The number of benzene rings is 1. The van der Waals surface area contributed by atoms with Crippen molar-refractivity contribution in [1.29, 1.82) is 0 Å². The Morgan fingerprint density at radius 2 is 2.18 bits per heavy atom. The van der Waals surface area contributed by atoms with Gasteiger partial charge in [0, 0.05) is 17.8 Å². The van der Waals surface area contributed by atoms with Crippen LogP contribution < -0.4 is 16.4 Å². The lowest BCUT2D eigenvalue weighted by molar-refractivity contribution is 1.16. The summed E-state index contributed by atoms with van der Waals surface area (Å²) in [6, 6.07) is 7.32. The van der Waals surface area contributed by atoms with Gasteiger partial charge in [-0.1, -0.05) is 17.7 Å². The van der Waals surface area contributed by atoms with Gasteiger partial charge in [0.2, 0.25) is 5.95 Å². The summed E-state index contributed by atoms with van der Waals surface area (Å²) < 4.78 is 0. The van der Waals surface area contributed by atoms with E-state index in [-0.39, 0.29) is 0 Å². The van der Waals surface area contributed by atoms with E-state index in [2.05, 4.69) is 20.6 Å². The third-order valence-electron chi connectivity index (χ3n) is 2.13. The van der Waals surface area contributed by atoms with Crippen molar-refractivity contribution in [3.05, 3.63) is 35.5 Å². The summed E-state index contributed by atoms with van der Waals surface area (Å²) in [6.45, 7) is 0. The molecule has 0 amide bonds. The summed E-state index contributed by atoms with van der Waals surface area (Å²) in [5.41, 5.74) is 7.01. The molecule has 1 aromatic carbocycles. The van der Waals surface area contributed by atoms with Gasteiger partial charge in [-0.25, -0.2) is 4.98 Å². The molecule has 1 aromatic heterocycles. The molecule has 0 unspecified atom stereocenters. The van der Waals surface area contributed by atoms with Gasteiger partial charge in [0.05, 0.1) is 11.9 Å². The van der Waals surface area contributed by atoms with Crippen LogP contribution in [0.2, 0.25) is 5.02 Å². The molecular weight excluding hydrogens is 238 g/mol. The molecule has 2 aromatic rings. The fraction of sp³-hybridized carbons (Fsp3) is 0.0909. The van der Waals surface area contributed by atoms with Crippen LogP contribution in [0.3, 0.4) is 0 Å².